The monoisotopic (exact) mass is 328 g/mol. The van der Waals surface area contributed by atoms with Crippen LogP contribution in [0.4, 0.5) is 0 Å². The molecule has 0 aliphatic heterocycles. The van der Waals surface area contributed by atoms with Gasteiger partial charge in [0.15, 0.2) is 0 Å². The lowest BCUT2D eigenvalue weighted by molar-refractivity contribution is -0.140. The summed E-state index contributed by atoms with van der Waals surface area (Å²) in [6.45, 7) is 6.27. The van der Waals surface area contributed by atoms with Crippen molar-refractivity contribution in [1.29, 1.82) is 0 Å². The molecule has 0 bridgehead atoms. The Labute approximate surface area is 145 Å². The maximum absolute atomic E-state index is 12.3. The van der Waals surface area contributed by atoms with Crippen LogP contribution in [-0.2, 0) is 4.79 Å². The SMILES string of the molecule is C=CCOc1ccc(OC(=O)C2CCC(/C=C/CCC)CC2)cc1. The van der Waals surface area contributed by atoms with Crippen LogP contribution in [0.25, 0.3) is 0 Å². The Morgan fingerprint density at radius 2 is 1.83 bits per heavy atom. The van der Waals surface area contributed by atoms with Crippen molar-refractivity contribution in [2.45, 2.75) is 45.4 Å². The molecule has 1 aliphatic carbocycles. The summed E-state index contributed by atoms with van der Waals surface area (Å²) < 4.78 is 10.9. The molecule has 0 saturated heterocycles. The molecule has 3 heteroatoms. The van der Waals surface area contributed by atoms with Gasteiger partial charge in [-0.25, -0.2) is 0 Å². The molecule has 1 fully saturated rings. The highest BCUT2D eigenvalue weighted by Crippen LogP contribution is 2.31. The minimum absolute atomic E-state index is 0.0255. The lowest BCUT2D eigenvalue weighted by atomic mass is 9.82. The number of carbonyl (C=O) groups excluding carboxylic acids is 1. The number of benzene rings is 1. The van der Waals surface area contributed by atoms with Crippen LogP contribution in [0.15, 0.2) is 49.1 Å². The number of allylic oxidation sites excluding steroid dienone is 2. The maximum atomic E-state index is 12.3. The molecule has 0 spiro atoms. The Bertz CT molecular complexity index is 537. The van der Waals surface area contributed by atoms with Crippen LogP contribution in [0, 0.1) is 11.8 Å². The molecule has 0 atom stereocenters. The predicted octanol–water partition coefficient (Wildman–Crippen LogP) is 5.32. The smallest absolute Gasteiger partial charge is 0.314 e. The van der Waals surface area contributed by atoms with Crippen LogP contribution in [0.1, 0.15) is 45.4 Å². The molecule has 2 rings (SSSR count). The van der Waals surface area contributed by atoms with Gasteiger partial charge in [-0.15, -0.1) is 0 Å². The van der Waals surface area contributed by atoms with Gasteiger partial charge in [0.1, 0.15) is 18.1 Å². The Morgan fingerprint density at radius 3 is 2.46 bits per heavy atom. The molecule has 0 radical (unpaired) electrons. The molecule has 3 nitrogen and oxygen atoms in total. The van der Waals surface area contributed by atoms with Gasteiger partial charge in [0.25, 0.3) is 0 Å². The van der Waals surface area contributed by atoms with Crippen LogP contribution in [0.2, 0.25) is 0 Å². The molecular weight excluding hydrogens is 300 g/mol. The van der Waals surface area contributed by atoms with Crippen molar-refractivity contribution < 1.29 is 14.3 Å². The molecule has 0 N–H and O–H groups in total. The zero-order chi connectivity index (χ0) is 17.2. The van der Waals surface area contributed by atoms with Gasteiger partial charge in [-0.3, -0.25) is 4.79 Å². The van der Waals surface area contributed by atoms with E-state index in [1.165, 1.54) is 6.42 Å². The first-order valence-electron chi connectivity index (χ1n) is 8.95. The molecule has 130 valence electrons. The standard InChI is InChI=1S/C21H28O3/c1-3-5-6-7-17-8-10-18(11-9-17)21(22)24-20-14-12-19(13-15-20)23-16-4-2/h4,6-7,12-15,17-18H,2-3,5,8-11,16H2,1H3/b7-6+. The second-order valence-electron chi connectivity index (χ2n) is 6.32. The van der Waals surface area contributed by atoms with E-state index in [9.17, 15) is 4.79 Å². The van der Waals surface area contributed by atoms with Gasteiger partial charge in [0, 0.05) is 0 Å². The zero-order valence-corrected chi connectivity index (χ0v) is 14.6. The number of rotatable bonds is 8. The number of hydrogen-bond donors (Lipinski definition) is 0. The lowest BCUT2D eigenvalue weighted by Gasteiger charge is -2.25. The maximum Gasteiger partial charge on any atom is 0.314 e. The molecule has 1 aliphatic rings. The van der Waals surface area contributed by atoms with Crippen LogP contribution in [-0.4, -0.2) is 12.6 Å². The average Bonchev–Trinajstić information content (AvgIpc) is 2.62. The highest BCUT2D eigenvalue weighted by molar-refractivity contribution is 5.75. The van der Waals surface area contributed by atoms with Gasteiger partial charge >= 0.3 is 5.97 Å². The van der Waals surface area contributed by atoms with E-state index in [-0.39, 0.29) is 11.9 Å². The summed E-state index contributed by atoms with van der Waals surface area (Å²) in [4.78, 5) is 12.3. The molecule has 1 aromatic rings. The van der Waals surface area contributed by atoms with Crippen molar-refractivity contribution in [3.63, 3.8) is 0 Å². The fourth-order valence-electron chi connectivity index (χ4n) is 2.96. The summed E-state index contributed by atoms with van der Waals surface area (Å²) in [5.74, 6) is 1.87. The summed E-state index contributed by atoms with van der Waals surface area (Å²) in [6.07, 6.45) is 12.6. The number of carbonyl (C=O) groups is 1. The predicted molar refractivity (Wildman–Crippen MR) is 97.3 cm³/mol. The van der Waals surface area contributed by atoms with Gasteiger partial charge in [-0.1, -0.05) is 38.2 Å². The molecule has 0 aromatic heterocycles. The molecule has 0 amide bonds. The van der Waals surface area contributed by atoms with E-state index in [0.29, 0.717) is 18.3 Å². The van der Waals surface area contributed by atoms with Crippen LogP contribution in [0.5, 0.6) is 11.5 Å². The zero-order valence-electron chi connectivity index (χ0n) is 14.6. The number of hydrogen-bond acceptors (Lipinski definition) is 3. The quantitative estimate of drug-likeness (QED) is 0.368. The Kier molecular flexibility index (Phi) is 7.60. The fraction of sp³-hybridized carbons (Fsp3) is 0.476. The number of esters is 1. The summed E-state index contributed by atoms with van der Waals surface area (Å²) in [6, 6.07) is 7.16. The second-order valence-corrected chi connectivity index (χ2v) is 6.32. The van der Waals surface area contributed by atoms with Crippen molar-refractivity contribution in [3.05, 3.63) is 49.1 Å². The molecular formula is C21H28O3. The molecule has 1 aromatic carbocycles. The topological polar surface area (TPSA) is 35.5 Å². The van der Waals surface area contributed by atoms with Crippen LogP contribution in [0.3, 0.4) is 0 Å². The summed E-state index contributed by atoms with van der Waals surface area (Å²) in [5.41, 5.74) is 0. The van der Waals surface area contributed by atoms with Gasteiger partial charge in [-0.05, 0) is 62.3 Å². The minimum atomic E-state index is -0.106. The van der Waals surface area contributed by atoms with E-state index in [2.05, 4.69) is 25.7 Å². The Balaban J connectivity index is 1.78. The van der Waals surface area contributed by atoms with Gasteiger partial charge < -0.3 is 9.47 Å². The van der Waals surface area contributed by atoms with E-state index >= 15 is 0 Å². The van der Waals surface area contributed by atoms with E-state index < -0.39 is 0 Å². The summed E-state index contributed by atoms with van der Waals surface area (Å²) >= 11 is 0. The Hall–Kier alpha value is -2.03. The van der Waals surface area contributed by atoms with E-state index in [4.69, 9.17) is 9.47 Å². The molecule has 0 unspecified atom stereocenters. The van der Waals surface area contributed by atoms with Crippen molar-refractivity contribution in [2.24, 2.45) is 11.8 Å². The third-order valence-electron chi connectivity index (χ3n) is 4.38. The Morgan fingerprint density at radius 1 is 1.17 bits per heavy atom. The fourth-order valence-corrected chi connectivity index (χ4v) is 2.96. The third kappa shape index (κ3) is 5.88. The largest absolute Gasteiger partial charge is 0.490 e. The van der Waals surface area contributed by atoms with E-state index in [1.807, 2.05) is 12.1 Å². The van der Waals surface area contributed by atoms with Gasteiger partial charge in [0.2, 0.25) is 0 Å². The lowest BCUT2D eigenvalue weighted by Crippen LogP contribution is -2.25. The van der Waals surface area contributed by atoms with Crippen LogP contribution < -0.4 is 9.47 Å². The number of ether oxygens (including phenoxy) is 2. The first kappa shape index (κ1) is 18.3. The van der Waals surface area contributed by atoms with E-state index in [1.54, 1.807) is 18.2 Å². The summed E-state index contributed by atoms with van der Waals surface area (Å²) in [5, 5.41) is 0. The van der Waals surface area contributed by atoms with Gasteiger partial charge in [0.05, 0.1) is 5.92 Å². The second kappa shape index (κ2) is 9.96. The van der Waals surface area contributed by atoms with Crippen molar-refractivity contribution in [2.75, 3.05) is 6.61 Å². The molecule has 24 heavy (non-hydrogen) atoms. The van der Waals surface area contributed by atoms with Crippen molar-refractivity contribution in [3.8, 4) is 11.5 Å². The average molecular weight is 328 g/mol. The normalized spacial score (nSPS) is 20.7. The highest BCUT2D eigenvalue weighted by Gasteiger charge is 2.26. The minimum Gasteiger partial charge on any atom is -0.490 e. The molecule has 0 heterocycles. The first-order chi connectivity index (χ1) is 11.7. The summed E-state index contributed by atoms with van der Waals surface area (Å²) in [7, 11) is 0. The van der Waals surface area contributed by atoms with Crippen molar-refractivity contribution >= 4 is 5.97 Å². The van der Waals surface area contributed by atoms with Crippen LogP contribution >= 0.6 is 0 Å². The molecule has 1 saturated carbocycles. The number of unbranched alkanes of at least 4 members (excludes halogenated alkanes) is 1. The van der Waals surface area contributed by atoms with Gasteiger partial charge in [-0.2, -0.15) is 0 Å². The van der Waals surface area contributed by atoms with Crippen molar-refractivity contribution in [1.82, 2.24) is 0 Å². The highest BCUT2D eigenvalue weighted by atomic mass is 16.5. The van der Waals surface area contributed by atoms with E-state index in [0.717, 1.165) is 37.9 Å². The first-order valence-corrected chi connectivity index (χ1v) is 8.95. The third-order valence-corrected chi connectivity index (χ3v) is 4.38.